The molecule has 8 heteroatoms. The third-order valence-electron chi connectivity index (χ3n) is 2.37. The molecule has 2 aromatic rings. The number of anilines is 1. The molecule has 0 saturated carbocycles. The van der Waals surface area contributed by atoms with Crippen molar-refractivity contribution in [3.05, 3.63) is 47.1 Å². The number of halogens is 4. The van der Waals surface area contributed by atoms with Gasteiger partial charge in [0.05, 0.1) is 6.54 Å². The average molecular weight is 304 g/mol. The largest absolute Gasteiger partial charge is 0.471 e. The van der Waals surface area contributed by atoms with Crippen LogP contribution in [0.4, 0.5) is 19.0 Å². The quantitative estimate of drug-likeness (QED) is 0.947. The van der Waals surface area contributed by atoms with Gasteiger partial charge in [-0.1, -0.05) is 23.7 Å². The molecule has 0 aliphatic rings. The van der Waals surface area contributed by atoms with Crippen LogP contribution in [0.25, 0.3) is 0 Å². The fraction of sp³-hybridized carbons (Fsp3) is 0.167. The summed E-state index contributed by atoms with van der Waals surface area (Å²) in [5.41, 5.74) is 0.842. The SMILES string of the molecule is O=C(Nc1ccn(Cc2cccc(Cl)c2)n1)C(F)(F)F. The van der Waals surface area contributed by atoms with Crippen molar-refractivity contribution >= 4 is 23.3 Å². The van der Waals surface area contributed by atoms with Gasteiger partial charge >= 0.3 is 12.1 Å². The number of amides is 1. The summed E-state index contributed by atoms with van der Waals surface area (Å²) in [7, 11) is 0. The molecule has 4 nitrogen and oxygen atoms in total. The minimum absolute atomic E-state index is 0.158. The lowest BCUT2D eigenvalue weighted by molar-refractivity contribution is -0.167. The normalized spacial score (nSPS) is 11.4. The Morgan fingerprint density at radius 2 is 2.10 bits per heavy atom. The Balaban J connectivity index is 2.04. The van der Waals surface area contributed by atoms with E-state index >= 15 is 0 Å². The van der Waals surface area contributed by atoms with Gasteiger partial charge in [0, 0.05) is 17.3 Å². The Kier molecular flexibility index (Phi) is 3.99. The number of hydrogen-bond donors (Lipinski definition) is 1. The van der Waals surface area contributed by atoms with Crippen molar-refractivity contribution in [2.45, 2.75) is 12.7 Å². The van der Waals surface area contributed by atoms with E-state index in [4.69, 9.17) is 11.6 Å². The number of benzene rings is 1. The zero-order valence-electron chi connectivity index (χ0n) is 9.99. The molecule has 2 rings (SSSR count). The minimum atomic E-state index is -4.93. The third kappa shape index (κ3) is 3.74. The lowest BCUT2D eigenvalue weighted by Crippen LogP contribution is -2.30. The zero-order chi connectivity index (χ0) is 14.8. The lowest BCUT2D eigenvalue weighted by Gasteiger charge is -2.05. The number of alkyl halides is 3. The van der Waals surface area contributed by atoms with Crippen molar-refractivity contribution in [2.75, 3.05) is 5.32 Å². The molecule has 1 N–H and O–H groups in total. The molecule has 0 atom stereocenters. The molecular weight excluding hydrogens is 295 g/mol. The summed E-state index contributed by atoms with van der Waals surface area (Å²) in [4.78, 5) is 10.7. The lowest BCUT2D eigenvalue weighted by atomic mass is 10.2. The van der Waals surface area contributed by atoms with E-state index in [1.54, 1.807) is 23.5 Å². The van der Waals surface area contributed by atoms with Crippen LogP contribution in [0.2, 0.25) is 5.02 Å². The Labute approximate surface area is 117 Å². The van der Waals surface area contributed by atoms with Gasteiger partial charge in [-0.3, -0.25) is 9.48 Å². The molecule has 1 heterocycles. The molecule has 1 aromatic carbocycles. The molecule has 0 radical (unpaired) electrons. The first-order chi connectivity index (χ1) is 9.34. The molecule has 0 bridgehead atoms. The van der Waals surface area contributed by atoms with Gasteiger partial charge in [0.25, 0.3) is 0 Å². The highest BCUT2D eigenvalue weighted by Gasteiger charge is 2.39. The van der Waals surface area contributed by atoms with E-state index in [1.807, 2.05) is 6.07 Å². The number of rotatable bonds is 3. The summed E-state index contributed by atoms with van der Waals surface area (Å²) in [6, 6.07) is 8.28. The van der Waals surface area contributed by atoms with E-state index in [-0.39, 0.29) is 5.82 Å². The second-order valence-electron chi connectivity index (χ2n) is 3.98. The summed E-state index contributed by atoms with van der Waals surface area (Å²) in [5.74, 6) is -2.21. The maximum absolute atomic E-state index is 12.1. The van der Waals surface area contributed by atoms with Gasteiger partial charge in [-0.25, -0.2) is 0 Å². The Hall–Kier alpha value is -2.02. The van der Waals surface area contributed by atoms with Gasteiger partial charge in [-0.15, -0.1) is 0 Å². The van der Waals surface area contributed by atoms with E-state index in [9.17, 15) is 18.0 Å². The van der Waals surface area contributed by atoms with Crippen LogP contribution in [0.5, 0.6) is 0 Å². The summed E-state index contributed by atoms with van der Waals surface area (Å²) in [5, 5.41) is 6.06. The summed E-state index contributed by atoms with van der Waals surface area (Å²) in [6.45, 7) is 0.336. The first kappa shape index (κ1) is 14.4. The predicted molar refractivity (Wildman–Crippen MR) is 67.5 cm³/mol. The molecule has 0 aliphatic carbocycles. The monoisotopic (exact) mass is 303 g/mol. The second-order valence-corrected chi connectivity index (χ2v) is 4.42. The van der Waals surface area contributed by atoms with E-state index < -0.39 is 12.1 Å². The Morgan fingerprint density at radius 1 is 1.35 bits per heavy atom. The smallest absolute Gasteiger partial charge is 0.301 e. The molecule has 0 saturated heterocycles. The molecular formula is C12H9ClF3N3O. The molecule has 20 heavy (non-hydrogen) atoms. The fourth-order valence-corrected chi connectivity index (χ4v) is 1.74. The van der Waals surface area contributed by atoms with Crippen LogP contribution in [0.1, 0.15) is 5.56 Å². The highest BCUT2D eigenvalue weighted by molar-refractivity contribution is 6.30. The predicted octanol–water partition coefficient (Wildman–Crippen LogP) is 3.09. The van der Waals surface area contributed by atoms with Crippen molar-refractivity contribution in [1.82, 2.24) is 9.78 Å². The molecule has 0 unspecified atom stereocenters. The number of aromatic nitrogens is 2. The van der Waals surface area contributed by atoms with Crippen molar-refractivity contribution in [3.63, 3.8) is 0 Å². The van der Waals surface area contributed by atoms with Crippen molar-refractivity contribution in [3.8, 4) is 0 Å². The van der Waals surface area contributed by atoms with Gasteiger partial charge in [0.1, 0.15) is 0 Å². The minimum Gasteiger partial charge on any atom is -0.301 e. The van der Waals surface area contributed by atoms with Crippen LogP contribution in [0.3, 0.4) is 0 Å². The summed E-state index contributed by atoms with van der Waals surface area (Å²) < 4.78 is 37.6. The standard InChI is InChI=1S/C12H9ClF3N3O/c13-9-3-1-2-8(6-9)7-19-5-4-10(18-19)17-11(20)12(14,15)16/h1-6H,7H2,(H,17,18,20). The van der Waals surface area contributed by atoms with E-state index in [2.05, 4.69) is 5.10 Å². The molecule has 0 spiro atoms. The highest BCUT2D eigenvalue weighted by Crippen LogP contribution is 2.17. The Morgan fingerprint density at radius 3 is 2.75 bits per heavy atom. The fourth-order valence-electron chi connectivity index (χ4n) is 1.53. The number of carbonyl (C=O) groups excluding carboxylic acids is 1. The van der Waals surface area contributed by atoms with Gasteiger partial charge in [-0.2, -0.15) is 18.3 Å². The maximum Gasteiger partial charge on any atom is 0.471 e. The van der Waals surface area contributed by atoms with Crippen molar-refractivity contribution in [2.24, 2.45) is 0 Å². The van der Waals surface area contributed by atoms with Gasteiger partial charge in [0.2, 0.25) is 0 Å². The molecule has 1 amide bonds. The molecule has 0 aliphatic heterocycles. The summed E-state index contributed by atoms with van der Waals surface area (Å²) >= 11 is 5.82. The van der Waals surface area contributed by atoms with Crippen LogP contribution in [-0.4, -0.2) is 21.9 Å². The molecule has 0 fully saturated rings. The van der Waals surface area contributed by atoms with Gasteiger partial charge in [0.15, 0.2) is 5.82 Å². The maximum atomic E-state index is 12.1. The van der Waals surface area contributed by atoms with Crippen molar-refractivity contribution in [1.29, 1.82) is 0 Å². The third-order valence-corrected chi connectivity index (χ3v) is 2.61. The molecule has 106 valence electrons. The summed E-state index contributed by atoms with van der Waals surface area (Å²) in [6.07, 6.45) is -3.47. The van der Waals surface area contributed by atoms with Crippen molar-refractivity contribution < 1.29 is 18.0 Å². The Bertz CT molecular complexity index is 624. The van der Waals surface area contributed by atoms with E-state index in [1.165, 1.54) is 16.9 Å². The highest BCUT2D eigenvalue weighted by atomic mass is 35.5. The second kappa shape index (κ2) is 5.54. The van der Waals surface area contributed by atoms with Crippen LogP contribution in [0.15, 0.2) is 36.5 Å². The van der Waals surface area contributed by atoms with Crippen LogP contribution in [-0.2, 0) is 11.3 Å². The van der Waals surface area contributed by atoms with E-state index in [0.29, 0.717) is 11.6 Å². The molecule has 1 aromatic heterocycles. The van der Waals surface area contributed by atoms with Crippen LogP contribution >= 0.6 is 11.6 Å². The van der Waals surface area contributed by atoms with Gasteiger partial charge < -0.3 is 5.32 Å². The number of carbonyl (C=O) groups is 1. The number of nitrogens with one attached hydrogen (secondary N) is 1. The first-order valence-corrected chi connectivity index (χ1v) is 5.88. The number of nitrogens with zero attached hydrogens (tertiary/aromatic N) is 2. The average Bonchev–Trinajstić information content (AvgIpc) is 2.75. The first-order valence-electron chi connectivity index (χ1n) is 5.51. The zero-order valence-corrected chi connectivity index (χ0v) is 10.7. The topological polar surface area (TPSA) is 46.9 Å². The van der Waals surface area contributed by atoms with Crippen LogP contribution < -0.4 is 5.32 Å². The van der Waals surface area contributed by atoms with E-state index in [0.717, 1.165) is 5.56 Å². The van der Waals surface area contributed by atoms with Crippen LogP contribution in [0, 0.1) is 0 Å². The van der Waals surface area contributed by atoms with Gasteiger partial charge in [-0.05, 0) is 17.7 Å². The number of hydrogen-bond acceptors (Lipinski definition) is 2.